The van der Waals surface area contributed by atoms with Gasteiger partial charge in [0.15, 0.2) is 0 Å². The molecule has 0 amide bonds. The minimum absolute atomic E-state index is 0.671. The molecule has 2 N–H and O–H groups in total. The van der Waals surface area contributed by atoms with Crippen molar-refractivity contribution in [2.75, 3.05) is 6.54 Å². The first-order valence-corrected chi connectivity index (χ1v) is 6.47. The lowest BCUT2D eigenvalue weighted by atomic mass is 10.1. The van der Waals surface area contributed by atoms with Gasteiger partial charge in [-0.25, -0.2) is 4.98 Å². The Labute approximate surface area is 109 Å². The number of hydrogen-bond donors (Lipinski definition) is 2. The number of benzene rings is 1. The summed E-state index contributed by atoms with van der Waals surface area (Å²) in [5.74, 6) is 1.61. The first-order valence-electron chi connectivity index (χ1n) is 6.47. The van der Waals surface area contributed by atoms with Gasteiger partial charge >= 0.3 is 0 Å². The highest BCUT2D eigenvalue weighted by Crippen LogP contribution is 2.16. The van der Waals surface area contributed by atoms with Crippen LogP contribution < -0.4 is 5.32 Å². The van der Waals surface area contributed by atoms with Crippen LogP contribution in [0.4, 0.5) is 0 Å². The Morgan fingerprint density at radius 1 is 1.22 bits per heavy atom. The van der Waals surface area contributed by atoms with E-state index in [-0.39, 0.29) is 0 Å². The smallest absolute Gasteiger partial charge is 0.137 e. The predicted octanol–water partition coefficient (Wildman–Crippen LogP) is 3.13. The summed E-state index contributed by atoms with van der Waals surface area (Å²) in [7, 11) is 0. The summed E-state index contributed by atoms with van der Waals surface area (Å²) < 4.78 is 0. The Balaban J connectivity index is 1.99. The van der Waals surface area contributed by atoms with Crippen molar-refractivity contribution in [3.05, 3.63) is 41.7 Å². The number of nitrogens with zero attached hydrogens (tertiary/aromatic N) is 1. The molecule has 0 atom stereocenters. The summed E-state index contributed by atoms with van der Waals surface area (Å²) in [5, 5.41) is 3.40. The van der Waals surface area contributed by atoms with E-state index in [1.165, 1.54) is 5.56 Å². The third kappa shape index (κ3) is 3.44. The van der Waals surface area contributed by atoms with E-state index in [1.807, 2.05) is 6.20 Å². The van der Waals surface area contributed by atoms with Crippen LogP contribution in [0.5, 0.6) is 0 Å². The second-order valence-electron chi connectivity index (χ2n) is 5.15. The molecule has 0 aliphatic heterocycles. The number of aryl methyl sites for hydroxylation is 1. The molecule has 0 radical (unpaired) electrons. The van der Waals surface area contributed by atoms with Gasteiger partial charge in [-0.1, -0.05) is 43.7 Å². The molecule has 0 aliphatic carbocycles. The third-order valence-corrected chi connectivity index (χ3v) is 2.82. The van der Waals surface area contributed by atoms with Gasteiger partial charge in [0, 0.05) is 24.0 Å². The number of aromatic amines is 1. The summed E-state index contributed by atoms with van der Waals surface area (Å²) in [4.78, 5) is 7.77. The zero-order chi connectivity index (χ0) is 13.0. The van der Waals surface area contributed by atoms with Crippen LogP contribution in [0, 0.1) is 12.8 Å². The number of hydrogen-bond acceptors (Lipinski definition) is 2. The van der Waals surface area contributed by atoms with Gasteiger partial charge in [0.1, 0.15) is 5.82 Å². The lowest BCUT2D eigenvalue weighted by Gasteiger charge is -2.05. The monoisotopic (exact) mass is 243 g/mol. The van der Waals surface area contributed by atoms with Gasteiger partial charge in [-0.05, 0) is 19.4 Å². The predicted molar refractivity (Wildman–Crippen MR) is 75.3 cm³/mol. The van der Waals surface area contributed by atoms with E-state index < -0.39 is 0 Å². The van der Waals surface area contributed by atoms with Crippen molar-refractivity contribution in [2.24, 2.45) is 5.92 Å². The molecule has 96 valence electrons. The zero-order valence-corrected chi connectivity index (χ0v) is 11.3. The Bertz CT molecular complexity index is 483. The van der Waals surface area contributed by atoms with Gasteiger partial charge in [0.05, 0.1) is 0 Å². The minimum atomic E-state index is 0.671. The van der Waals surface area contributed by atoms with E-state index in [2.05, 4.69) is 60.3 Å². The highest BCUT2D eigenvalue weighted by molar-refractivity contribution is 5.55. The fourth-order valence-corrected chi connectivity index (χ4v) is 1.80. The van der Waals surface area contributed by atoms with Gasteiger partial charge in [-0.2, -0.15) is 0 Å². The van der Waals surface area contributed by atoms with Crippen molar-refractivity contribution in [2.45, 2.75) is 27.3 Å². The number of H-pyrrole nitrogens is 1. The van der Waals surface area contributed by atoms with Crippen LogP contribution in [-0.4, -0.2) is 16.5 Å². The molecule has 18 heavy (non-hydrogen) atoms. The number of rotatable bonds is 5. The molecule has 3 nitrogen and oxygen atoms in total. The number of imidazole rings is 1. The molecule has 3 heteroatoms. The Morgan fingerprint density at radius 3 is 2.61 bits per heavy atom. The molecule has 1 aromatic heterocycles. The maximum absolute atomic E-state index is 4.42. The summed E-state index contributed by atoms with van der Waals surface area (Å²) >= 11 is 0. The van der Waals surface area contributed by atoms with Crippen molar-refractivity contribution >= 4 is 0 Å². The van der Waals surface area contributed by atoms with Gasteiger partial charge < -0.3 is 10.3 Å². The van der Waals surface area contributed by atoms with Crippen molar-refractivity contribution in [3.8, 4) is 11.4 Å². The Hall–Kier alpha value is -1.61. The molecule has 0 bridgehead atoms. The molecule has 0 fully saturated rings. The largest absolute Gasteiger partial charge is 0.341 e. The second kappa shape index (κ2) is 5.83. The third-order valence-electron chi connectivity index (χ3n) is 2.82. The fraction of sp³-hybridized carbons (Fsp3) is 0.400. The number of nitrogens with one attached hydrogen (secondary N) is 2. The highest BCUT2D eigenvalue weighted by atomic mass is 15.0. The van der Waals surface area contributed by atoms with Crippen molar-refractivity contribution in [1.29, 1.82) is 0 Å². The summed E-state index contributed by atoms with van der Waals surface area (Å²) in [5.41, 5.74) is 3.53. The van der Waals surface area contributed by atoms with Crippen LogP contribution in [0.3, 0.4) is 0 Å². The molecule has 2 rings (SSSR count). The van der Waals surface area contributed by atoms with Crippen LogP contribution in [0.15, 0.2) is 30.5 Å². The van der Waals surface area contributed by atoms with Crippen molar-refractivity contribution in [1.82, 2.24) is 15.3 Å². The lowest BCUT2D eigenvalue weighted by Crippen LogP contribution is -2.19. The highest BCUT2D eigenvalue weighted by Gasteiger charge is 2.03. The van der Waals surface area contributed by atoms with Crippen LogP contribution in [0.2, 0.25) is 0 Å². The Morgan fingerprint density at radius 2 is 1.94 bits per heavy atom. The van der Waals surface area contributed by atoms with E-state index in [1.54, 1.807) is 0 Å². The molecule has 0 saturated carbocycles. The quantitative estimate of drug-likeness (QED) is 0.847. The topological polar surface area (TPSA) is 40.7 Å². The molecule has 2 aromatic rings. The van der Waals surface area contributed by atoms with Crippen molar-refractivity contribution < 1.29 is 0 Å². The van der Waals surface area contributed by atoms with E-state index in [0.29, 0.717) is 5.92 Å². The normalized spacial score (nSPS) is 11.1. The SMILES string of the molecule is Cc1ccc(-c2ncc(CNCC(C)C)[nH]2)cc1. The summed E-state index contributed by atoms with van der Waals surface area (Å²) in [6.45, 7) is 8.37. The molecule has 0 saturated heterocycles. The second-order valence-corrected chi connectivity index (χ2v) is 5.15. The molecule has 0 spiro atoms. The van der Waals surface area contributed by atoms with E-state index in [9.17, 15) is 0 Å². The van der Waals surface area contributed by atoms with Gasteiger partial charge in [0.2, 0.25) is 0 Å². The molecule has 0 aliphatic rings. The average Bonchev–Trinajstić information content (AvgIpc) is 2.78. The summed E-state index contributed by atoms with van der Waals surface area (Å²) in [6.07, 6.45) is 1.91. The van der Waals surface area contributed by atoms with Crippen LogP contribution in [0.1, 0.15) is 25.1 Å². The molecule has 1 aromatic carbocycles. The minimum Gasteiger partial charge on any atom is -0.341 e. The lowest BCUT2D eigenvalue weighted by molar-refractivity contribution is 0.549. The first-order chi connectivity index (χ1) is 8.65. The average molecular weight is 243 g/mol. The molecule has 0 unspecified atom stereocenters. The maximum atomic E-state index is 4.42. The first kappa shape index (κ1) is 12.8. The van der Waals surface area contributed by atoms with Crippen LogP contribution in [0.25, 0.3) is 11.4 Å². The van der Waals surface area contributed by atoms with Gasteiger partial charge in [0.25, 0.3) is 0 Å². The zero-order valence-electron chi connectivity index (χ0n) is 11.3. The van der Waals surface area contributed by atoms with Crippen LogP contribution in [-0.2, 0) is 6.54 Å². The van der Waals surface area contributed by atoms with Crippen LogP contribution >= 0.6 is 0 Å². The van der Waals surface area contributed by atoms with E-state index >= 15 is 0 Å². The van der Waals surface area contributed by atoms with Gasteiger partial charge in [-0.15, -0.1) is 0 Å². The standard InChI is InChI=1S/C15H21N3/c1-11(2)8-16-9-14-10-17-15(18-14)13-6-4-12(3)5-7-13/h4-7,10-11,16H,8-9H2,1-3H3,(H,17,18). The summed E-state index contributed by atoms with van der Waals surface area (Å²) in [6, 6.07) is 8.40. The fourth-order valence-electron chi connectivity index (χ4n) is 1.80. The van der Waals surface area contributed by atoms with Gasteiger partial charge in [-0.3, -0.25) is 0 Å². The number of aromatic nitrogens is 2. The molecule has 1 heterocycles. The van der Waals surface area contributed by atoms with Crippen molar-refractivity contribution in [3.63, 3.8) is 0 Å². The molecular formula is C15H21N3. The van der Waals surface area contributed by atoms with E-state index in [4.69, 9.17) is 0 Å². The molecular weight excluding hydrogens is 222 g/mol. The maximum Gasteiger partial charge on any atom is 0.137 e. The Kier molecular flexibility index (Phi) is 4.15. The van der Waals surface area contributed by atoms with E-state index in [0.717, 1.165) is 30.2 Å².